The van der Waals surface area contributed by atoms with Crippen LogP contribution in [-0.4, -0.2) is 40.3 Å². The van der Waals surface area contributed by atoms with Gasteiger partial charge < -0.3 is 15.2 Å². The van der Waals surface area contributed by atoms with Crippen LogP contribution in [0.25, 0.3) is 0 Å². The van der Waals surface area contributed by atoms with Gasteiger partial charge in [-0.15, -0.1) is 0 Å². The minimum Gasteiger partial charge on any atom is -0.464 e. The van der Waals surface area contributed by atoms with Crippen molar-refractivity contribution in [3.8, 4) is 0 Å². The average molecular weight is 350 g/mol. The molecule has 1 atom stereocenters. The van der Waals surface area contributed by atoms with Gasteiger partial charge in [0.15, 0.2) is 0 Å². The Hall–Kier alpha value is -2.69. The van der Waals surface area contributed by atoms with E-state index in [1.54, 1.807) is 0 Å². The number of ether oxygens (including phenoxy) is 1. The molecule has 8 nitrogen and oxygen atoms in total. The van der Waals surface area contributed by atoms with Crippen LogP contribution in [0.15, 0.2) is 24.3 Å². The van der Waals surface area contributed by atoms with Crippen LogP contribution >= 0.6 is 0 Å². The fourth-order valence-corrected chi connectivity index (χ4v) is 1.64. The third kappa shape index (κ3) is 4.41. The van der Waals surface area contributed by atoms with E-state index < -0.39 is 41.6 Å². The number of benzene rings is 1. The molecule has 1 aromatic rings. The molecule has 0 aliphatic heterocycles. The second-order valence-corrected chi connectivity index (χ2v) is 4.61. The van der Waals surface area contributed by atoms with Gasteiger partial charge in [0.05, 0.1) is 18.0 Å². The van der Waals surface area contributed by atoms with Crippen molar-refractivity contribution < 1.29 is 37.5 Å². The molecule has 0 aliphatic rings. The van der Waals surface area contributed by atoms with Gasteiger partial charge in [0.25, 0.3) is 11.3 Å². The fourth-order valence-electron chi connectivity index (χ4n) is 1.64. The summed E-state index contributed by atoms with van der Waals surface area (Å²) in [5, 5.41) is 22.0. The third-order valence-corrected chi connectivity index (χ3v) is 2.86. The number of alkyl halides is 3. The number of hydrogen-bond donors (Lipinski definition) is 2. The quantitative estimate of drug-likeness (QED) is 0.459. The van der Waals surface area contributed by atoms with E-state index in [9.17, 15) is 38.0 Å². The van der Waals surface area contributed by atoms with E-state index in [0.29, 0.717) is 0 Å². The number of carbonyl (C=O) groups excluding carboxylic acids is 2. The Balaban J connectivity index is 2.89. The van der Waals surface area contributed by atoms with Gasteiger partial charge >= 0.3 is 12.1 Å². The lowest BCUT2D eigenvalue weighted by atomic mass is 9.98. The number of nitrogens with one attached hydrogen (secondary N) is 1. The number of halogens is 3. The lowest BCUT2D eigenvalue weighted by Gasteiger charge is -2.27. The largest absolute Gasteiger partial charge is 0.464 e. The number of nitro benzene ring substituents is 1. The van der Waals surface area contributed by atoms with E-state index in [1.165, 1.54) is 6.92 Å². The highest BCUT2D eigenvalue weighted by molar-refractivity contribution is 5.96. The number of amides is 1. The van der Waals surface area contributed by atoms with Crippen molar-refractivity contribution in [1.29, 1.82) is 0 Å². The molecule has 0 spiro atoms. The van der Waals surface area contributed by atoms with Crippen molar-refractivity contribution in [1.82, 2.24) is 0 Å². The molecule has 0 aliphatic carbocycles. The summed E-state index contributed by atoms with van der Waals surface area (Å²) in [4.78, 5) is 32.8. The average Bonchev–Trinajstić information content (AvgIpc) is 2.46. The molecule has 11 heteroatoms. The number of anilines is 1. The molecular formula is C13H13F3N2O6. The van der Waals surface area contributed by atoms with Crippen LogP contribution in [0.4, 0.5) is 24.5 Å². The lowest BCUT2D eigenvalue weighted by molar-refractivity contribution is -0.384. The Kier molecular flexibility index (Phi) is 5.85. The normalized spacial score (nSPS) is 13.7. The van der Waals surface area contributed by atoms with Crippen LogP contribution in [-0.2, 0) is 14.3 Å². The first kappa shape index (κ1) is 19.4. The molecule has 1 aromatic carbocycles. The number of carbonyl (C=O) groups is 2. The first-order chi connectivity index (χ1) is 11.0. The molecule has 0 aromatic heterocycles. The number of nitrogens with zero attached hydrogens (tertiary/aromatic N) is 1. The van der Waals surface area contributed by atoms with Gasteiger partial charge in [0, 0.05) is 17.8 Å². The molecule has 24 heavy (non-hydrogen) atoms. The highest BCUT2D eigenvalue weighted by atomic mass is 19.4. The van der Waals surface area contributed by atoms with Crippen molar-refractivity contribution in [2.24, 2.45) is 0 Å². The van der Waals surface area contributed by atoms with Gasteiger partial charge in [-0.1, -0.05) is 0 Å². The van der Waals surface area contributed by atoms with Gasteiger partial charge in [0.1, 0.15) is 0 Å². The number of aliphatic hydroxyl groups is 1. The molecule has 0 fully saturated rings. The van der Waals surface area contributed by atoms with Gasteiger partial charge in [-0.2, -0.15) is 13.2 Å². The summed E-state index contributed by atoms with van der Waals surface area (Å²) in [7, 11) is 0. The molecule has 2 N–H and O–H groups in total. The minimum absolute atomic E-state index is 0.0426. The van der Waals surface area contributed by atoms with Crippen molar-refractivity contribution in [2.75, 3.05) is 11.9 Å². The number of non-ortho nitro benzene ring substituents is 1. The number of esters is 1. The highest BCUT2D eigenvalue weighted by Crippen LogP contribution is 2.34. The van der Waals surface area contributed by atoms with Crippen LogP contribution in [0.1, 0.15) is 13.3 Å². The predicted molar refractivity (Wildman–Crippen MR) is 74.0 cm³/mol. The predicted octanol–water partition coefficient (Wildman–Crippen LogP) is 1.78. The SMILES string of the molecule is CCOC(=O)[C@](O)(CC(=O)Nc1ccc([N+](=O)[O-])cc1)C(F)(F)F. The zero-order chi connectivity index (χ0) is 18.5. The topological polar surface area (TPSA) is 119 Å². The van der Waals surface area contributed by atoms with E-state index in [-0.39, 0.29) is 11.4 Å². The Labute approximate surface area is 133 Å². The lowest BCUT2D eigenvalue weighted by Crippen LogP contribution is -2.54. The van der Waals surface area contributed by atoms with Crippen molar-refractivity contribution in [3.63, 3.8) is 0 Å². The molecule has 0 unspecified atom stereocenters. The first-order valence-corrected chi connectivity index (χ1v) is 6.52. The summed E-state index contributed by atoms with van der Waals surface area (Å²) in [5.41, 5.74) is -4.32. The van der Waals surface area contributed by atoms with Gasteiger partial charge in [0.2, 0.25) is 5.91 Å². The molecule has 1 amide bonds. The van der Waals surface area contributed by atoms with E-state index in [2.05, 4.69) is 4.74 Å². The van der Waals surface area contributed by atoms with Crippen LogP contribution < -0.4 is 5.32 Å². The minimum atomic E-state index is -5.42. The Bertz CT molecular complexity index is 632. The summed E-state index contributed by atoms with van der Waals surface area (Å²) in [6.07, 6.45) is -7.04. The molecule has 0 bridgehead atoms. The Morgan fingerprint density at radius 3 is 2.25 bits per heavy atom. The maximum atomic E-state index is 12.9. The third-order valence-electron chi connectivity index (χ3n) is 2.86. The molecular weight excluding hydrogens is 337 g/mol. The molecule has 0 saturated carbocycles. The van der Waals surface area contributed by atoms with Gasteiger partial charge in [-0.25, -0.2) is 4.79 Å². The summed E-state index contributed by atoms with van der Waals surface area (Å²) >= 11 is 0. The van der Waals surface area contributed by atoms with Crippen LogP contribution in [0.2, 0.25) is 0 Å². The number of nitro groups is 1. The maximum Gasteiger partial charge on any atom is 0.428 e. The zero-order valence-electron chi connectivity index (χ0n) is 12.3. The number of hydrogen-bond acceptors (Lipinski definition) is 6. The molecule has 1 rings (SSSR count). The van der Waals surface area contributed by atoms with Crippen LogP contribution in [0.5, 0.6) is 0 Å². The molecule has 0 saturated heterocycles. The monoisotopic (exact) mass is 350 g/mol. The van der Waals surface area contributed by atoms with Crippen molar-refractivity contribution in [3.05, 3.63) is 34.4 Å². The molecule has 0 radical (unpaired) electrons. The highest BCUT2D eigenvalue weighted by Gasteiger charge is 2.61. The maximum absolute atomic E-state index is 12.9. The van der Waals surface area contributed by atoms with E-state index in [0.717, 1.165) is 24.3 Å². The molecule has 132 valence electrons. The second kappa shape index (κ2) is 7.25. The first-order valence-electron chi connectivity index (χ1n) is 6.52. The van der Waals surface area contributed by atoms with Crippen molar-refractivity contribution >= 4 is 23.3 Å². The Morgan fingerprint density at radius 2 is 1.83 bits per heavy atom. The van der Waals surface area contributed by atoms with Gasteiger partial charge in [-0.3, -0.25) is 14.9 Å². The summed E-state index contributed by atoms with van der Waals surface area (Å²) in [6, 6.07) is 4.23. The van der Waals surface area contributed by atoms with E-state index in [4.69, 9.17) is 0 Å². The van der Waals surface area contributed by atoms with Gasteiger partial charge in [-0.05, 0) is 19.1 Å². The van der Waals surface area contributed by atoms with Crippen LogP contribution in [0.3, 0.4) is 0 Å². The second-order valence-electron chi connectivity index (χ2n) is 4.61. The van der Waals surface area contributed by atoms with E-state index in [1.807, 2.05) is 5.32 Å². The summed E-state index contributed by atoms with van der Waals surface area (Å²) < 4.78 is 42.9. The molecule has 0 heterocycles. The number of rotatable bonds is 6. The fraction of sp³-hybridized carbons (Fsp3) is 0.385. The zero-order valence-corrected chi connectivity index (χ0v) is 12.3. The van der Waals surface area contributed by atoms with Crippen LogP contribution in [0, 0.1) is 10.1 Å². The smallest absolute Gasteiger partial charge is 0.428 e. The summed E-state index contributed by atoms with van der Waals surface area (Å²) in [6.45, 7) is 0.826. The summed E-state index contributed by atoms with van der Waals surface area (Å²) in [5.74, 6) is -3.31. The Morgan fingerprint density at radius 1 is 1.29 bits per heavy atom. The standard InChI is InChI=1S/C13H13F3N2O6/c1-2-24-11(20)12(21,13(14,15)16)7-10(19)17-8-3-5-9(6-4-8)18(22)23/h3-6,21H,2,7H2,1H3,(H,17,19)/t12-/m1/s1. The van der Waals surface area contributed by atoms with Crippen molar-refractivity contribution in [2.45, 2.75) is 25.1 Å². The van der Waals surface area contributed by atoms with E-state index >= 15 is 0 Å².